The van der Waals surface area contributed by atoms with E-state index in [1.165, 1.54) is 28.2 Å². The number of nitrogens with zero attached hydrogens (tertiary/aromatic N) is 2. The maximum Gasteiger partial charge on any atom is 0.293 e. The quantitative estimate of drug-likeness (QED) is 0.403. The number of fused-ring (bicyclic) bond motifs is 1. The number of hydrogen-bond acceptors (Lipinski definition) is 6. The second-order valence-corrected chi connectivity index (χ2v) is 8.10. The van der Waals surface area contributed by atoms with Crippen LogP contribution in [0.2, 0.25) is 5.02 Å². The van der Waals surface area contributed by atoms with Crippen molar-refractivity contribution in [3.05, 3.63) is 71.4 Å². The summed E-state index contributed by atoms with van der Waals surface area (Å²) in [5.41, 5.74) is 1.22. The number of amides is 1. The second-order valence-electron chi connectivity index (χ2n) is 7.69. The van der Waals surface area contributed by atoms with Crippen LogP contribution in [0.25, 0.3) is 10.8 Å². The zero-order valence-corrected chi connectivity index (χ0v) is 21.7. The molecule has 0 aliphatic heterocycles. The summed E-state index contributed by atoms with van der Waals surface area (Å²) in [6, 6.07) is 18.0. The van der Waals surface area contributed by atoms with Crippen LogP contribution in [0.15, 0.2) is 60.8 Å². The average molecular weight is 502 g/mol. The number of ether oxygens (including phenoxy) is 1. The Balaban J connectivity index is 0.000000268. The van der Waals surface area contributed by atoms with E-state index in [0.717, 1.165) is 17.3 Å². The van der Waals surface area contributed by atoms with Crippen molar-refractivity contribution in [1.82, 2.24) is 9.88 Å². The number of rotatable bonds is 9. The van der Waals surface area contributed by atoms with Crippen molar-refractivity contribution in [2.45, 2.75) is 39.2 Å². The molecule has 8 heteroatoms. The molecule has 0 bridgehead atoms. The zero-order chi connectivity index (χ0) is 26.1. The number of benzene rings is 2. The van der Waals surface area contributed by atoms with Gasteiger partial charge in [0.05, 0.1) is 6.04 Å². The normalized spacial score (nSPS) is 10.7. The topological polar surface area (TPSA) is 91.8 Å². The number of hydrogen-bond donors (Lipinski definition) is 2. The van der Waals surface area contributed by atoms with Gasteiger partial charge in [-0.15, -0.1) is 0 Å². The molecule has 2 N–H and O–H groups in total. The fourth-order valence-electron chi connectivity index (χ4n) is 3.13. The van der Waals surface area contributed by atoms with E-state index in [0.29, 0.717) is 19.3 Å². The summed E-state index contributed by atoms with van der Waals surface area (Å²) in [7, 11) is 3.52. The molecular formula is C27H36ClN3O4. The third-order valence-electron chi connectivity index (χ3n) is 5.32. The van der Waals surface area contributed by atoms with Crippen molar-refractivity contribution in [1.29, 1.82) is 0 Å². The van der Waals surface area contributed by atoms with Crippen molar-refractivity contribution >= 4 is 40.6 Å². The Labute approximate surface area is 213 Å². The van der Waals surface area contributed by atoms with E-state index in [-0.39, 0.29) is 25.2 Å². The first-order valence-corrected chi connectivity index (χ1v) is 11.9. The van der Waals surface area contributed by atoms with E-state index in [9.17, 15) is 9.59 Å². The van der Waals surface area contributed by atoms with Gasteiger partial charge in [-0.1, -0.05) is 61.0 Å². The van der Waals surface area contributed by atoms with Gasteiger partial charge in [0.25, 0.3) is 6.47 Å². The number of carbonyl (C=O) groups excluding carboxylic acids is 2. The lowest BCUT2D eigenvalue weighted by molar-refractivity contribution is -0.136. The molecule has 0 spiro atoms. The van der Waals surface area contributed by atoms with Crippen molar-refractivity contribution in [3.63, 3.8) is 0 Å². The first-order valence-electron chi connectivity index (χ1n) is 11.5. The van der Waals surface area contributed by atoms with Crippen LogP contribution in [-0.2, 0) is 20.7 Å². The molecule has 0 aliphatic rings. The molecular weight excluding hydrogens is 466 g/mol. The number of anilines is 1. The zero-order valence-electron chi connectivity index (χ0n) is 20.9. The minimum Gasteiger partial charge on any atom is -0.466 e. The summed E-state index contributed by atoms with van der Waals surface area (Å²) in [6.45, 7) is 4.16. The number of aryl methyl sites for hydroxylation is 1. The summed E-state index contributed by atoms with van der Waals surface area (Å²) < 4.78 is 4.61. The van der Waals surface area contributed by atoms with Crippen LogP contribution in [0.5, 0.6) is 0 Å². The fourth-order valence-corrected chi connectivity index (χ4v) is 3.40. The molecule has 7 nitrogen and oxygen atoms in total. The predicted molar refractivity (Wildman–Crippen MR) is 143 cm³/mol. The standard InChI is InChI=1S/C10H10N2.C9H17NO4.C8H9Cl/c1-11-10-6-8-4-2-3-5-9(8)7-12-10;1-8(13)10(2)9(4-3-5-11)6-14-7-12;1-2-7-5-3-4-6-8(7)9/h2-7H,1H3,(H,11,12);7,9,11H,3-6H2,1-2H3;3-6H,2H2,1H3/t;9-;/m.0./s1. The third kappa shape index (κ3) is 11.2. The number of nitrogens with one attached hydrogen (secondary N) is 1. The maximum absolute atomic E-state index is 11.0. The highest BCUT2D eigenvalue weighted by molar-refractivity contribution is 6.31. The largest absolute Gasteiger partial charge is 0.466 e. The average Bonchev–Trinajstić information content (AvgIpc) is 2.89. The van der Waals surface area contributed by atoms with E-state index >= 15 is 0 Å². The van der Waals surface area contributed by atoms with Crippen LogP contribution in [0, 0.1) is 0 Å². The number of carbonyl (C=O) groups is 2. The van der Waals surface area contributed by atoms with Gasteiger partial charge in [0, 0.05) is 44.2 Å². The van der Waals surface area contributed by atoms with Crippen LogP contribution in [0.4, 0.5) is 5.82 Å². The molecule has 1 heterocycles. The number of likely N-dealkylation sites (N-methyl/N-ethyl adjacent to an activating group) is 1. The highest BCUT2D eigenvalue weighted by atomic mass is 35.5. The van der Waals surface area contributed by atoms with Gasteiger partial charge in [0.1, 0.15) is 12.4 Å². The van der Waals surface area contributed by atoms with Gasteiger partial charge in [0.15, 0.2) is 0 Å². The fraction of sp³-hybridized carbons (Fsp3) is 0.370. The number of aromatic nitrogens is 1. The summed E-state index contributed by atoms with van der Waals surface area (Å²) in [5, 5.41) is 14.9. The summed E-state index contributed by atoms with van der Waals surface area (Å²) in [5.74, 6) is 0.830. The van der Waals surface area contributed by atoms with Gasteiger partial charge >= 0.3 is 0 Å². The van der Waals surface area contributed by atoms with Crippen molar-refractivity contribution in [3.8, 4) is 0 Å². The molecule has 3 rings (SSSR count). The Morgan fingerprint density at radius 3 is 2.40 bits per heavy atom. The molecule has 1 atom stereocenters. The van der Waals surface area contributed by atoms with Gasteiger partial charge in [-0.2, -0.15) is 0 Å². The monoisotopic (exact) mass is 501 g/mol. The lowest BCUT2D eigenvalue weighted by Crippen LogP contribution is -2.38. The highest BCUT2D eigenvalue weighted by Gasteiger charge is 2.16. The number of pyridine rings is 1. The summed E-state index contributed by atoms with van der Waals surface area (Å²) >= 11 is 5.82. The SMILES string of the molecule is CC(=O)N(C)[C@@H](CCCO)COC=O.CCc1ccccc1Cl.CNc1cc2ccccc2cn1. The maximum atomic E-state index is 11.0. The van der Waals surface area contributed by atoms with Gasteiger partial charge in [-0.25, -0.2) is 4.98 Å². The molecule has 2 aromatic carbocycles. The molecule has 1 amide bonds. The van der Waals surface area contributed by atoms with Crippen molar-refractivity contribution in [2.75, 3.05) is 32.6 Å². The molecule has 0 saturated heterocycles. The number of aliphatic hydroxyl groups is 1. The van der Waals surface area contributed by atoms with Crippen LogP contribution < -0.4 is 5.32 Å². The van der Waals surface area contributed by atoms with Gasteiger partial charge in [0.2, 0.25) is 5.91 Å². The highest BCUT2D eigenvalue weighted by Crippen LogP contribution is 2.15. The van der Waals surface area contributed by atoms with E-state index in [2.05, 4.69) is 34.1 Å². The van der Waals surface area contributed by atoms with Crippen LogP contribution >= 0.6 is 11.6 Å². The molecule has 0 saturated carbocycles. The first kappa shape index (κ1) is 29.9. The Morgan fingerprint density at radius 1 is 1.20 bits per heavy atom. The molecule has 3 aromatic rings. The lowest BCUT2D eigenvalue weighted by Gasteiger charge is -2.26. The Bertz CT molecular complexity index is 1030. The molecule has 1 aromatic heterocycles. The van der Waals surface area contributed by atoms with Crippen LogP contribution in [-0.4, -0.2) is 60.7 Å². The Kier molecular flexibility index (Phi) is 14.8. The first-order chi connectivity index (χ1) is 16.9. The smallest absolute Gasteiger partial charge is 0.293 e. The van der Waals surface area contributed by atoms with E-state index < -0.39 is 0 Å². The molecule has 35 heavy (non-hydrogen) atoms. The van der Waals surface area contributed by atoms with Gasteiger partial charge in [-0.05, 0) is 42.3 Å². The van der Waals surface area contributed by atoms with Gasteiger partial charge in [-0.3, -0.25) is 9.59 Å². The molecule has 0 unspecified atom stereocenters. The van der Waals surface area contributed by atoms with Crippen LogP contribution in [0.1, 0.15) is 32.3 Å². The Morgan fingerprint density at radius 2 is 1.86 bits per heavy atom. The molecule has 0 aliphatic carbocycles. The molecule has 0 radical (unpaired) electrons. The third-order valence-corrected chi connectivity index (χ3v) is 5.69. The number of aliphatic hydroxyl groups excluding tert-OH is 1. The van der Waals surface area contributed by atoms with Crippen LogP contribution in [0.3, 0.4) is 0 Å². The Hall–Kier alpha value is -3.16. The van der Waals surface area contributed by atoms with E-state index in [1.54, 1.807) is 7.05 Å². The summed E-state index contributed by atoms with van der Waals surface area (Å²) in [6.07, 6.45) is 4.10. The van der Waals surface area contributed by atoms with Crippen molar-refractivity contribution in [2.24, 2.45) is 0 Å². The minimum absolute atomic E-state index is 0.0728. The van der Waals surface area contributed by atoms with Gasteiger partial charge < -0.3 is 20.1 Å². The summed E-state index contributed by atoms with van der Waals surface area (Å²) in [4.78, 5) is 26.8. The van der Waals surface area contributed by atoms with Crippen molar-refractivity contribution < 1.29 is 19.4 Å². The second kappa shape index (κ2) is 17.3. The van der Waals surface area contributed by atoms with E-state index in [4.69, 9.17) is 16.7 Å². The minimum atomic E-state index is -0.148. The molecule has 190 valence electrons. The number of halogens is 1. The lowest BCUT2D eigenvalue weighted by atomic mass is 10.1. The molecule has 0 fully saturated rings. The predicted octanol–water partition coefficient (Wildman–Crippen LogP) is 4.96. The van der Waals surface area contributed by atoms with E-state index in [1.807, 2.05) is 55.7 Å².